The first kappa shape index (κ1) is 22.2. The molecule has 0 radical (unpaired) electrons. The van der Waals surface area contributed by atoms with Crippen molar-refractivity contribution < 1.29 is 27.8 Å². The van der Waals surface area contributed by atoms with Crippen molar-refractivity contribution >= 4 is 11.8 Å². The van der Waals surface area contributed by atoms with Gasteiger partial charge in [0, 0.05) is 22.6 Å². The summed E-state index contributed by atoms with van der Waals surface area (Å²) in [6.07, 6.45) is 0. The van der Waals surface area contributed by atoms with Crippen molar-refractivity contribution in [3.63, 3.8) is 0 Å². The van der Waals surface area contributed by atoms with Crippen LogP contribution in [0.4, 0.5) is 8.78 Å². The smallest absolute Gasteiger partial charge is 0.387 e. The molecular formula is C24H23F2NO4. The van der Waals surface area contributed by atoms with Crippen LogP contribution in [-0.2, 0) is 4.74 Å². The minimum absolute atomic E-state index is 0.0517. The van der Waals surface area contributed by atoms with Crippen LogP contribution < -0.4 is 4.74 Å². The van der Waals surface area contributed by atoms with Gasteiger partial charge in [0.25, 0.3) is 0 Å². The molecule has 0 amide bonds. The summed E-state index contributed by atoms with van der Waals surface area (Å²) >= 11 is 0. The number of rotatable bonds is 7. The SMILES string of the molecule is Cc1ccc(C)c(C(=O)OCC(=O)c2cc(C)n(-c3ccc(OC(F)F)cc3)c2C)c1. The molecule has 0 aliphatic carbocycles. The summed E-state index contributed by atoms with van der Waals surface area (Å²) < 4.78 is 36.1. The van der Waals surface area contributed by atoms with Crippen molar-refractivity contribution in [2.24, 2.45) is 0 Å². The van der Waals surface area contributed by atoms with E-state index in [9.17, 15) is 18.4 Å². The average Bonchev–Trinajstić information content (AvgIpc) is 3.02. The number of carbonyl (C=O) groups excluding carboxylic acids is 2. The topological polar surface area (TPSA) is 57.5 Å². The van der Waals surface area contributed by atoms with Gasteiger partial charge in [0.15, 0.2) is 6.61 Å². The first-order chi connectivity index (χ1) is 14.7. The summed E-state index contributed by atoms with van der Waals surface area (Å²) in [5.41, 5.74) is 4.71. The Balaban J connectivity index is 1.76. The van der Waals surface area contributed by atoms with Gasteiger partial charge in [-0.25, -0.2) is 4.79 Å². The largest absolute Gasteiger partial charge is 0.454 e. The van der Waals surface area contributed by atoms with Gasteiger partial charge in [-0.2, -0.15) is 8.78 Å². The van der Waals surface area contributed by atoms with Crippen LogP contribution in [0.25, 0.3) is 5.69 Å². The standard InChI is InChI=1S/C24H23F2NO4/c1-14-5-6-15(2)20(11-14)23(29)30-13-22(28)21-12-16(3)27(17(21)4)18-7-9-19(10-8-18)31-24(25)26/h5-12,24H,13H2,1-4H3. The molecule has 5 nitrogen and oxygen atoms in total. The maximum Gasteiger partial charge on any atom is 0.387 e. The molecule has 0 atom stereocenters. The molecule has 31 heavy (non-hydrogen) atoms. The maximum absolute atomic E-state index is 12.7. The zero-order valence-corrected chi connectivity index (χ0v) is 17.7. The molecule has 0 bridgehead atoms. The zero-order chi connectivity index (χ0) is 22.7. The van der Waals surface area contributed by atoms with Gasteiger partial charge in [-0.1, -0.05) is 17.7 Å². The molecule has 0 N–H and O–H groups in total. The van der Waals surface area contributed by atoms with Crippen molar-refractivity contribution in [3.8, 4) is 11.4 Å². The van der Waals surface area contributed by atoms with E-state index in [2.05, 4.69) is 4.74 Å². The van der Waals surface area contributed by atoms with Crippen LogP contribution in [0.15, 0.2) is 48.5 Å². The molecule has 2 aromatic carbocycles. The summed E-state index contributed by atoms with van der Waals surface area (Å²) in [6, 6.07) is 13.3. The van der Waals surface area contributed by atoms with Crippen molar-refractivity contribution in [2.45, 2.75) is 34.3 Å². The highest BCUT2D eigenvalue weighted by atomic mass is 19.3. The quantitative estimate of drug-likeness (QED) is 0.377. The number of aromatic nitrogens is 1. The highest BCUT2D eigenvalue weighted by Crippen LogP contribution is 2.24. The molecule has 162 valence electrons. The summed E-state index contributed by atoms with van der Waals surface area (Å²) in [4.78, 5) is 25.1. The zero-order valence-electron chi connectivity index (χ0n) is 17.7. The first-order valence-electron chi connectivity index (χ1n) is 9.69. The fourth-order valence-corrected chi connectivity index (χ4v) is 3.46. The number of ether oxygens (including phenoxy) is 2. The molecule has 0 unspecified atom stereocenters. The number of esters is 1. The number of carbonyl (C=O) groups is 2. The molecule has 0 fully saturated rings. The Morgan fingerprint density at radius 2 is 1.61 bits per heavy atom. The molecule has 3 rings (SSSR count). The van der Waals surface area contributed by atoms with Crippen LogP contribution in [0.3, 0.4) is 0 Å². The highest BCUT2D eigenvalue weighted by Gasteiger charge is 2.19. The van der Waals surface area contributed by atoms with Gasteiger partial charge >= 0.3 is 12.6 Å². The number of aryl methyl sites for hydroxylation is 3. The number of Topliss-reactive ketones (excluding diaryl/α,β-unsaturated/α-hetero) is 1. The van der Waals surface area contributed by atoms with Crippen LogP contribution >= 0.6 is 0 Å². The van der Waals surface area contributed by atoms with Crippen molar-refractivity contribution in [3.05, 3.63) is 82.2 Å². The minimum Gasteiger partial charge on any atom is -0.454 e. The molecule has 0 aliphatic heterocycles. The highest BCUT2D eigenvalue weighted by molar-refractivity contribution is 6.00. The molecule has 0 aliphatic rings. The normalized spacial score (nSPS) is 10.9. The molecule has 1 aromatic heterocycles. The monoisotopic (exact) mass is 427 g/mol. The Labute approximate surface area is 179 Å². The maximum atomic E-state index is 12.7. The van der Waals surface area contributed by atoms with E-state index in [1.54, 1.807) is 31.2 Å². The van der Waals surface area contributed by atoms with Gasteiger partial charge in [-0.15, -0.1) is 0 Å². The van der Waals surface area contributed by atoms with Crippen LogP contribution in [-0.4, -0.2) is 29.5 Å². The predicted molar refractivity (Wildman–Crippen MR) is 112 cm³/mol. The molecule has 3 aromatic rings. The Morgan fingerprint density at radius 3 is 2.26 bits per heavy atom. The lowest BCUT2D eigenvalue weighted by Crippen LogP contribution is -2.16. The molecule has 0 saturated carbocycles. The Hall–Kier alpha value is -3.48. The van der Waals surface area contributed by atoms with Crippen molar-refractivity contribution in [1.29, 1.82) is 0 Å². The van der Waals surface area contributed by atoms with Gasteiger partial charge in [0.1, 0.15) is 5.75 Å². The summed E-state index contributed by atoms with van der Waals surface area (Å²) in [5, 5.41) is 0. The average molecular weight is 427 g/mol. The number of alkyl halides is 2. The predicted octanol–water partition coefficient (Wildman–Crippen LogP) is 5.35. The van der Waals surface area contributed by atoms with Gasteiger partial charge in [-0.3, -0.25) is 4.79 Å². The Morgan fingerprint density at radius 1 is 0.935 bits per heavy atom. The van der Waals surface area contributed by atoms with Crippen LogP contribution in [0.5, 0.6) is 5.75 Å². The lowest BCUT2D eigenvalue weighted by Gasteiger charge is -2.11. The number of hydrogen-bond acceptors (Lipinski definition) is 4. The first-order valence-corrected chi connectivity index (χ1v) is 9.69. The lowest BCUT2D eigenvalue weighted by molar-refractivity contribution is -0.0498. The fourth-order valence-electron chi connectivity index (χ4n) is 3.46. The number of ketones is 1. The second-order valence-corrected chi connectivity index (χ2v) is 7.31. The van der Waals surface area contributed by atoms with E-state index in [1.807, 2.05) is 37.5 Å². The van der Waals surface area contributed by atoms with Gasteiger partial charge in [0.05, 0.1) is 5.56 Å². The fraction of sp³-hybridized carbons (Fsp3) is 0.250. The van der Waals surface area contributed by atoms with Gasteiger partial charge in [-0.05, 0) is 69.7 Å². The molecular weight excluding hydrogens is 404 g/mol. The minimum atomic E-state index is -2.89. The molecule has 0 spiro atoms. The van der Waals surface area contributed by atoms with Crippen LogP contribution in [0.2, 0.25) is 0 Å². The molecule has 1 heterocycles. The second-order valence-electron chi connectivity index (χ2n) is 7.31. The Bertz CT molecular complexity index is 1120. The summed E-state index contributed by atoms with van der Waals surface area (Å²) in [6.45, 7) is 4.02. The second kappa shape index (κ2) is 9.12. The Kier molecular flexibility index (Phi) is 6.53. The third kappa shape index (κ3) is 4.99. The van der Waals surface area contributed by atoms with E-state index in [4.69, 9.17) is 4.74 Å². The number of hydrogen-bond donors (Lipinski definition) is 0. The third-order valence-electron chi connectivity index (χ3n) is 5.00. The van der Waals surface area contributed by atoms with Crippen molar-refractivity contribution in [1.82, 2.24) is 4.57 Å². The summed E-state index contributed by atoms with van der Waals surface area (Å²) in [5.74, 6) is -0.815. The van der Waals surface area contributed by atoms with Gasteiger partial charge < -0.3 is 14.0 Å². The van der Waals surface area contributed by atoms with Crippen LogP contribution in [0, 0.1) is 27.7 Å². The van der Waals surface area contributed by atoms with E-state index >= 15 is 0 Å². The third-order valence-corrected chi connectivity index (χ3v) is 5.00. The van der Waals surface area contributed by atoms with E-state index in [0.29, 0.717) is 22.5 Å². The lowest BCUT2D eigenvalue weighted by atomic mass is 10.1. The van der Waals surface area contributed by atoms with E-state index in [0.717, 1.165) is 16.8 Å². The molecule has 0 saturated heterocycles. The number of benzene rings is 2. The summed E-state index contributed by atoms with van der Waals surface area (Å²) in [7, 11) is 0. The number of halogens is 2. The van der Waals surface area contributed by atoms with E-state index < -0.39 is 12.6 Å². The number of nitrogens with zero attached hydrogens (tertiary/aromatic N) is 1. The van der Waals surface area contributed by atoms with E-state index in [-0.39, 0.29) is 18.1 Å². The van der Waals surface area contributed by atoms with Crippen molar-refractivity contribution in [2.75, 3.05) is 6.61 Å². The van der Waals surface area contributed by atoms with Crippen LogP contribution in [0.1, 0.15) is 43.2 Å². The molecule has 7 heteroatoms. The van der Waals surface area contributed by atoms with Gasteiger partial charge in [0.2, 0.25) is 5.78 Å². The van der Waals surface area contributed by atoms with E-state index in [1.165, 1.54) is 12.1 Å².